The lowest BCUT2D eigenvalue weighted by Crippen LogP contribution is -2.23. The van der Waals surface area contributed by atoms with Gasteiger partial charge < -0.3 is 25.8 Å². The Morgan fingerprint density at radius 1 is 1.08 bits per heavy atom. The monoisotopic (exact) mass is 555 g/mol. The highest BCUT2D eigenvalue weighted by Gasteiger charge is 2.26. The number of carbonyl (C=O) groups excluding carboxylic acids is 4. The number of Topliss-reactive ketones (excluding diaryl/α,β-unsaturated/α-hetero) is 1. The minimum atomic E-state index is -0.456. The fourth-order valence-electron chi connectivity index (χ4n) is 3.52. The molecule has 0 unspecified atom stereocenters. The molecule has 0 radical (unpaired) electrons. The predicted octanol–water partition coefficient (Wildman–Crippen LogP) is 3.27. The zero-order valence-electron chi connectivity index (χ0n) is 21.1. The van der Waals surface area contributed by atoms with Crippen LogP contribution in [0.15, 0.2) is 24.4 Å². The molecule has 1 fully saturated rings. The van der Waals surface area contributed by atoms with Crippen molar-refractivity contribution in [2.45, 2.75) is 39.2 Å². The minimum Gasteiger partial charge on any atom is -0.468 e. The van der Waals surface area contributed by atoms with Gasteiger partial charge in [0.05, 0.1) is 33.0 Å². The van der Waals surface area contributed by atoms with E-state index in [-0.39, 0.29) is 49.1 Å². The third-order valence-electron chi connectivity index (χ3n) is 5.38. The van der Waals surface area contributed by atoms with Gasteiger partial charge in [0.15, 0.2) is 10.9 Å². The molecule has 204 valence electrons. The molecular formula is C24H34ClN5O6S. The van der Waals surface area contributed by atoms with E-state index in [9.17, 15) is 19.2 Å². The molecule has 1 aliphatic carbocycles. The number of thiazole rings is 1. The number of carbonyl (C=O) groups is 4. The third kappa shape index (κ3) is 10.8. The number of urea groups is 1. The molecule has 3 rings (SSSR count). The van der Waals surface area contributed by atoms with Crippen LogP contribution in [0, 0.1) is 12.8 Å². The fourth-order valence-corrected chi connectivity index (χ4v) is 4.30. The number of hydrogen-bond acceptors (Lipinski definition) is 10. The van der Waals surface area contributed by atoms with E-state index in [0.717, 1.165) is 36.1 Å². The van der Waals surface area contributed by atoms with Gasteiger partial charge in [-0.05, 0) is 31.9 Å². The van der Waals surface area contributed by atoms with Crippen LogP contribution in [0.2, 0.25) is 0 Å². The number of anilines is 2. The number of amides is 2. The fraction of sp³-hybridized carbons (Fsp3) is 0.458. The van der Waals surface area contributed by atoms with Crippen molar-refractivity contribution in [1.82, 2.24) is 10.3 Å². The average molecular weight is 556 g/mol. The highest BCUT2D eigenvalue weighted by atomic mass is 35.5. The van der Waals surface area contributed by atoms with Gasteiger partial charge in [0, 0.05) is 29.1 Å². The first kappa shape index (κ1) is 32.0. The molecule has 37 heavy (non-hydrogen) atoms. The van der Waals surface area contributed by atoms with E-state index in [1.54, 1.807) is 12.3 Å². The van der Waals surface area contributed by atoms with Gasteiger partial charge in [0.2, 0.25) is 0 Å². The number of rotatable bonds is 9. The summed E-state index contributed by atoms with van der Waals surface area (Å²) in [4.78, 5) is 51.4. The van der Waals surface area contributed by atoms with Crippen molar-refractivity contribution in [3.05, 3.63) is 40.4 Å². The molecule has 2 aromatic rings. The second-order valence-electron chi connectivity index (χ2n) is 8.07. The van der Waals surface area contributed by atoms with E-state index in [1.165, 1.54) is 25.6 Å². The van der Waals surface area contributed by atoms with Crippen molar-refractivity contribution in [3.8, 4) is 0 Å². The number of aromatic nitrogens is 1. The van der Waals surface area contributed by atoms with Gasteiger partial charge in [-0.3, -0.25) is 19.7 Å². The third-order valence-corrected chi connectivity index (χ3v) is 6.29. The van der Waals surface area contributed by atoms with Crippen molar-refractivity contribution < 1.29 is 28.7 Å². The van der Waals surface area contributed by atoms with Crippen molar-refractivity contribution >= 4 is 58.3 Å². The van der Waals surface area contributed by atoms with E-state index in [2.05, 4.69) is 30.4 Å². The second kappa shape index (κ2) is 16.6. The maximum Gasteiger partial charge on any atom is 0.325 e. The lowest BCUT2D eigenvalue weighted by molar-refractivity contribution is -0.140. The molecule has 5 N–H and O–H groups in total. The molecule has 1 heterocycles. The van der Waals surface area contributed by atoms with Crippen molar-refractivity contribution in [2.75, 3.05) is 37.9 Å². The summed E-state index contributed by atoms with van der Waals surface area (Å²) in [6.45, 7) is 2.44. The molecule has 0 spiro atoms. The molecule has 13 heteroatoms. The van der Waals surface area contributed by atoms with E-state index < -0.39 is 6.03 Å². The SMILES string of the molecule is COC(=O)CN.COC(=O)CNCc1cnc(NC(=O)Nc2ccc(C)cc2C(=O)C2CCCC2)s1.Cl. The maximum atomic E-state index is 12.9. The van der Waals surface area contributed by atoms with Crippen LogP contribution >= 0.6 is 23.7 Å². The Balaban J connectivity index is 0.000000876. The lowest BCUT2D eigenvalue weighted by Gasteiger charge is -2.14. The van der Waals surface area contributed by atoms with Crippen LogP contribution in [0.4, 0.5) is 15.6 Å². The smallest absolute Gasteiger partial charge is 0.325 e. The zero-order valence-corrected chi connectivity index (χ0v) is 22.8. The summed E-state index contributed by atoms with van der Waals surface area (Å²) >= 11 is 1.30. The minimum absolute atomic E-state index is 0. The molecule has 1 aromatic carbocycles. The molecule has 1 saturated carbocycles. The first-order chi connectivity index (χ1) is 17.3. The lowest BCUT2D eigenvalue weighted by atomic mass is 9.94. The average Bonchev–Trinajstić information content (AvgIpc) is 3.57. The highest BCUT2D eigenvalue weighted by molar-refractivity contribution is 7.15. The number of halogens is 1. The first-order valence-electron chi connectivity index (χ1n) is 11.5. The van der Waals surface area contributed by atoms with Crippen LogP contribution in [0.25, 0.3) is 0 Å². The first-order valence-corrected chi connectivity index (χ1v) is 12.3. The molecule has 1 aliphatic rings. The quantitative estimate of drug-likeness (QED) is 0.268. The Morgan fingerprint density at radius 3 is 2.35 bits per heavy atom. The molecule has 0 saturated heterocycles. The summed E-state index contributed by atoms with van der Waals surface area (Å²) in [6, 6.07) is 5.02. The number of ketones is 1. The van der Waals surface area contributed by atoms with Gasteiger partial charge in [0.25, 0.3) is 0 Å². The van der Waals surface area contributed by atoms with Crippen LogP contribution < -0.4 is 21.7 Å². The second-order valence-corrected chi connectivity index (χ2v) is 9.18. The molecule has 0 aliphatic heterocycles. The molecular weight excluding hydrogens is 522 g/mol. The Morgan fingerprint density at radius 2 is 1.76 bits per heavy atom. The standard InChI is InChI=1S/C21H26N4O4S.C3H7NO2.ClH/c1-13-7-8-17(16(9-13)19(27)14-5-3-4-6-14)24-20(28)25-21-23-11-15(30-21)10-22-12-18(26)29-2;1-6-3(5)2-4;/h7-9,11,14,22H,3-6,10,12H2,1-2H3,(H2,23,24,25,28);2,4H2,1H3;1H. The molecule has 11 nitrogen and oxygen atoms in total. The Kier molecular flexibility index (Phi) is 14.4. The van der Waals surface area contributed by atoms with Crippen molar-refractivity contribution in [3.63, 3.8) is 0 Å². The van der Waals surface area contributed by atoms with Crippen LogP contribution in [0.5, 0.6) is 0 Å². The van der Waals surface area contributed by atoms with E-state index in [4.69, 9.17) is 5.73 Å². The Labute approximate surface area is 226 Å². The van der Waals surface area contributed by atoms with E-state index >= 15 is 0 Å². The number of hydrogen-bond donors (Lipinski definition) is 4. The van der Waals surface area contributed by atoms with Gasteiger partial charge >= 0.3 is 18.0 Å². The summed E-state index contributed by atoms with van der Waals surface area (Å²) in [7, 11) is 2.63. The highest BCUT2D eigenvalue weighted by Crippen LogP contribution is 2.31. The summed E-state index contributed by atoms with van der Waals surface area (Å²) in [5.74, 6) is -0.595. The summed E-state index contributed by atoms with van der Waals surface area (Å²) in [5, 5.41) is 8.85. The number of methoxy groups -OCH3 is 2. The van der Waals surface area contributed by atoms with Crippen LogP contribution in [0.3, 0.4) is 0 Å². The Hall–Kier alpha value is -3.06. The largest absolute Gasteiger partial charge is 0.468 e. The number of ether oxygens (including phenoxy) is 2. The molecule has 0 atom stereocenters. The molecule has 1 aromatic heterocycles. The predicted molar refractivity (Wildman–Crippen MR) is 144 cm³/mol. The molecule has 0 bridgehead atoms. The number of nitrogens with zero attached hydrogens (tertiary/aromatic N) is 1. The van der Waals surface area contributed by atoms with E-state index in [0.29, 0.717) is 22.9 Å². The van der Waals surface area contributed by atoms with Gasteiger partial charge in [-0.25, -0.2) is 9.78 Å². The normalized spacial score (nSPS) is 12.4. The number of nitrogens with two attached hydrogens (primary N) is 1. The van der Waals surface area contributed by atoms with Gasteiger partial charge in [-0.15, -0.1) is 23.7 Å². The number of esters is 2. The van der Waals surface area contributed by atoms with Gasteiger partial charge in [-0.2, -0.15) is 0 Å². The zero-order chi connectivity index (χ0) is 26.5. The maximum absolute atomic E-state index is 12.9. The number of benzene rings is 1. The van der Waals surface area contributed by atoms with Crippen LogP contribution in [-0.4, -0.2) is 56.0 Å². The molecule has 2 amide bonds. The summed E-state index contributed by atoms with van der Waals surface area (Å²) in [5.41, 5.74) is 6.85. The van der Waals surface area contributed by atoms with Crippen molar-refractivity contribution in [2.24, 2.45) is 11.7 Å². The summed E-state index contributed by atoms with van der Waals surface area (Å²) in [6.07, 6.45) is 5.60. The van der Waals surface area contributed by atoms with Crippen LogP contribution in [0.1, 0.15) is 46.5 Å². The Bertz CT molecular complexity index is 1050. The van der Waals surface area contributed by atoms with Gasteiger partial charge in [-0.1, -0.05) is 24.5 Å². The number of nitrogens with one attached hydrogen (secondary N) is 3. The van der Waals surface area contributed by atoms with Gasteiger partial charge in [0.1, 0.15) is 0 Å². The van der Waals surface area contributed by atoms with E-state index in [1.807, 2.05) is 19.1 Å². The summed E-state index contributed by atoms with van der Waals surface area (Å²) < 4.78 is 8.70. The van der Waals surface area contributed by atoms with Crippen LogP contribution in [-0.2, 0) is 25.6 Å². The topological polar surface area (TPSA) is 162 Å². The number of aryl methyl sites for hydroxylation is 1. The van der Waals surface area contributed by atoms with Crippen molar-refractivity contribution in [1.29, 1.82) is 0 Å².